The number of benzene rings is 2. The monoisotopic (exact) mass is 627 g/mol. The number of aromatic carboxylic acids is 1. The van der Waals surface area contributed by atoms with Crippen molar-refractivity contribution in [1.82, 2.24) is 9.73 Å². The van der Waals surface area contributed by atoms with Crippen LogP contribution in [0.1, 0.15) is 132 Å². The van der Waals surface area contributed by atoms with Crippen LogP contribution in [0.5, 0.6) is 5.75 Å². The Morgan fingerprint density at radius 2 is 1.36 bits per heavy atom. The molecule has 244 valence electrons. The van der Waals surface area contributed by atoms with Crippen molar-refractivity contribution in [1.29, 1.82) is 0 Å². The number of amidine groups is 1. The minimum atomic E-state index is -4.05. The summed E-state index contributed by atoms with van der Waals surface area (Å²) in [4.78, 5) is 15.6. The number of rotatable bonds is 21. The highest BCUT2D eigenvalue weighted by Gasteiger charge is 2.20. The van der Waals surface area contributed by atoms with Crippen LogP contribution >= 0.6 is 0 Å². The quantitative estimate of drug-likeness (QED) is 0.0623. The molecule has 0 atom stereocenters. The fraction of sp³-hybridized carbons (Fsp3) is 0.600. The number of hydrogen-bond donors (Lipinski definition) is 2. The number of nitrogens with one attached hydrogen (secondary N) is 1. The lowest BCUT2D eigenvalue weighted by molar-refractivity contribution is 0.0696. The van der Waals surface area contributed by atoms with Gasteiger partial charge in [0, 0.05) is 18.7 Å². The summed E-state index contributed by atoms with van der Waals surface area (Å²) in [5, 5.41) is 13.6. The molecule has 0 saturated carbocycles. The second kappa shape index (κ2) is 20.1. The lowest BCUT2D eigenvalue weighted by Gasteiger charge is -2.29. The zero-order chi connectivity index (χ0) is 31.5. The standard InChI is InChI=1S/C35H53N3O5S/c1-2-3-4-5-6-7-8-9-10-11-12-13-14-18-28-43-32-24-22-30(23-25-32)34(38-26-16-15-17-27-38)36-37-44(41,42)33-21-19-20-31(29-33)35(39)40/h19-25,29,37H,2-18,26-28H2,1H3,(H,39,40). The van der Waals surface area contributed by atoms with Gasteiger partial charge in [0.25, 0.3) is 10.0 Å². The van der Waals surface area contributed by atoms with E-state index in [1.54, 1.807) is 0 Å². The zero-order valence-electron chi connectivity index (χ0n) is 26.6. The molecule has 2 N–H and O–H groups in total. The number of sulfonamides is 1. The van der Waals surface area contributed by atoms with Gasteiger partial charge in [-0.1, -0.05) is 96.5 Å². The smallest absolute Gasteiger partial charge is 0.335 e. The summed E-state index contributed by atoms with van der Waals surface area (Å²) >= 11 is 0. The van der Waals surface area contributed by atoms with E-state index in [4.69, 9.17) is 4.74 Å². The van der Waals surface area contributed by atoms with Crippen LogP contribution in [-0.4, -0.2) is 49.9 Å². The third kappa shape index (κ3) is 12.9. The Balaban J connectivity index is 1.42. The lowest BCUT2D eigenvalue weighted by Crippen LogP contribution is -2.38. The molecule has 1 aliphatic rings. The molecule has 2 aromatic carbocycles. The van der Waals surface area contributed by atoms with E-state index in [0.29, 0.717) is 12.4 Å². The summed E-state index contributed by atoms with van der Waals surface area (Å²) < 4.78 is 31.9. The van der Waals surface area contributed by atoms with Crippen molar-refractivity contribution in [3.63, 3.8) is 0 Å². The first-order valence-corrected chi connectivity index (χ1v) is 18.3. The number of carboxylic acid groups (broad SMARTS) is 1. The number of carbonyl (C=O) groups is 1. The first kappa shape index (κ1) is 35.4. The maximum Gasteiger partial charge on any atom is 0.335 e. The van der Waals surface area contributed by atoms with Crippen LogP contribution in [-0.2, 0) is 10.0 Å². The second-order valence-corrected chi connectivity index (χ2v) is 13.5. The van der Waals surface area contributed by atoms with Crippen molar-refractivity contribution in [3.8, 4) is 5.75 Å². The van der Waals surface area contributed by atoms with E-state index in [1.807, 2.05) is 24.3 Å². The predicted molar refractivity (Wildman–Crippen MR) is 178 cm³/mol. The van der Waals surface area contributed by atoms with Gasteiger partial charge >= 0.3 is 5.97 Å². The normalized spacial score (nSPS) is 14.0. The molecule has 1 saturated heterocycles. The Kier molecular flexibility index (Phi) is 16.1. The van der Waals surface area contributed by atoms with Gasteiger partial charge in [0.05, 0.1) is 17.1 Å². The molecule has 0 bridgehead atoms. The molecule has 1 heterocycles. The van der Waals surface area contributed by atoms with Gasteiger partial charge < -0.3 is 14.7 Å². The van der Waals surface area contributed by atoms with Crippen LogP contribution in [0.4, 0.5) is 0 Å². The van der Waals surface area contributed by atoms with E-state index < -0.39 is 16.0 Å². The molecule has 0 aromatic heterocycles. The van der Waals surface area contributed by atoms with Gasteiger partial charge in [-0.05, 0) is 68.1 Å². The van der Waals surface area contributed by atoms with Gasteiger partial charge in [0.15, 0.2) is 5.84 Å². The largest absolute Gasteiger partial charge is 0.494 e. The van der Waals surface area contributed by atoms with Crippen LogP contribution in [0, 0.1) is 0 Å². The van der Waals surface area contributed by atoms with Crippen LogP contribution in [0.15, 0.2) is 58.5 Å². The summed E-state index contributed by atoms with van der Waals surface area (Å²) in [5.41, 5.74) is 0.690. The maximum absolute atomic E-state index is 13.0. The number of hydrogen-bond acceptors (Lipinski definition) is 5. The summed E-state index contributed by atoms with van der Waals surface area (Å²) in [6.45, 7) is 4.52. The third-order valence-electron chi connectivity index (χ3n) is 8.20. The van der Waals surface area contributed by atoms with Gasteiger partial charge in [-0.15, -0.1) is 5.10 Å². The maximum atomic E-state index is 13.0. The van der Waals surface area contributed by atoms with Crippen LogP contribution in [0.2, 0.25) is 0 Å². The average Bonchev–Trinajstić information content (AvgIpc) is 3.04. The van der Waals surface area contributed by atoms with Crippen molar-refractivity contribution in [2.75, 3.05) is 19.7 Å². The molecule has 0 aliphatic carbocycles. The molecular formula is C35H53N3O5S. The summed E-state index contributed by atoms with van der Waals surface area (Å²) in [6.07, 6.45) is 21.7. The first-order chi connectivity index (χ1) is 21.4. The Morgan fingerprint density at radius 1 is 0.795 bits per heavy atom. The molecule has 0 amide bonds. The highest BCUT2D eigenvalue weighted by atomic mass is 32.2. The molecule has 0 unspecified atom stereocenters. The molecule has 0 radical (unpaired) electrons. The third-order valence-corrected chi connectivity index (χ3v) is 9.40. The minimum absolute atomic E-state index is 0.0993. The topological polar surface area (TPSA) is 108 Å². The van der Waals surface area contributed by atoms with E-state index in [-0.39, 0.29) is 10.5 Å². The van der Waals surface area contributed by atoms with Crippen molar-refractivity contribution >= 4 is 21.8 Å². The Bertz CT molecular complexity index is 1240. The van der Waals surface area contributed by atoms with E-state index in [9.17, 15) is 18.3 Å². The van der Waals surface area contributed by atoms with Gasteiger partial charge in [0.2, 0.25) is 0 Å². The highest BCUT2D eigenvalue weighted by Crippen LogP contribution is 2.19. The molecule has 44 heavy (non-hydrogen) atoms. The van der Waals surface area contributed by atoms with Gasteiger partial charge in [-0.3, -0.25) is 0 Å². The van der Waals surface area contributed by atoms with Crippen LogP contribution < -0.4 is 9.57 Å². The van der Waals surface area contributed by atoms with E-state index >= 15 is 0 Å². The number of hydrazone groups is 1. The summed E-state index contributed by atoms with van der Waals surface area (Å²) in [5.74, 6) is 0.139. The first-order valence-electron chi connectivity index (χ1n) is 16.8. The van der Waals surface area contributed by atoms with Crippen LogP contribution in [0.25, 0.3) is 0 Å². The number of ether oxygens (including phenoxy) is 1. The van der Waals surface area contributed by atoms with Gasteiger partial charge in [-0.2, -0.15) is 13.2 Å². The van der Waals surface area contributed by atoms with E-state index in [2.05, 4.69) is 21.8 Å². The molecule has 1 fully saturated rings. The molecule has 1 aliphatic heterocycles. The molecule has 3 rings (SSSR count). The molecule has 2 aromatic rings. The molecule has 9 heteroatoms. The number of piperidine rings is 1. The van der Waals surface area contributed by atoms with Crippen LogP contribution in [0.3, 0.4) is 0 Å². The Labute approximate surface area is 265 Å². The van der Waals surface area contributed by atoms with Crippen molar-refractivity contribution < 1.29 is 23.1 Å². The number of unbranched alkanes of at least 4 members (excludes halogenated alkanes) is 13. The summed E-state index contributed by atoms with van der Waals surface area (Å²) in [7, 11) is -4.05. The van der Waals surface area contributed by atoms with E-state index in [0.717, 1.165) is 56.2 Å². The summed E-state index contributed by atoms with van der Waals surface area (Å²) in [6, 6.07) is 12.9. The lowest BCUT2D eigenvalue weighted by atomic mass is 10.0. The minimum Gasteiger partial charge on any atom is -0.494 e. The Hall–Kier alpha value is -3.07. The number of carboxylic acids is 1. The second-order valence-electron chi connectivity index (χ2n) is 11.9. The Morgan fingerprint density at radius 3 is 1.93 bits per heavy atom. The zero-order valence-corrected chi connectivity index (χ0v) is 27.5. The number of nitrogens with zero attached hydrogens (tertiary/aromatic N) is 2. The van der Waals surface area contributed by atoms with E-state index in [1.165, 1.54) is 102 Å². The average molecular weight is 628 g/mol. The fourth-order valence-corrected chi connectivity index (χ4v) is 6.41. The molecule has 0 spiro atoms. The molecule has 8 nitrogen and oxygen atoms in total. The predicted octanol–water partition coefficient (Wildman–Crippen LogP) is 8.37. The highest BCUT2D eigenvalue weighted by molar-refractivity contribution is 7.89. The van der Waals surface area contributed by atoms with Gasteiger partial charge in [0.1, 0.15) is 5.75 Å². The fourth-order valence-electron chi connectivity index (χ4n) is 5.56. The number of likely N-dealkylation sites (tertiary alicyclic amines) is 1. The SMILES string of the molecule is CCCCCCCCCCCCCCCCOc1ccc(C(=NNS(=O)(=O)c2cccc(C(=O)O)c2)N2CCCCC2)cc1. The van der Waals surface area contributed by atoms with Crippen molar-refractivity contribution in [3.05, 3.63) is 59.7 Å². The van der Waals surface area contributed by atoms with Crippen molar-refractivity contribution in [2.45, 2.75) is 121 Å². The van der Waals surface area contributed by atoms with Crippen molar-refractivity contribution in [2.24, 2.45) is 5.10 Å². The molecular weight excluding hydrogens is 574 g/mol. The van der Waals surface area contributed by atoms with Gasteiger partial charge in [-0.25, -0.2) is 4.79 Å².